The summed E-state index contributed by atoms with van der Waals surface area (Å²) in [5.41, 5.74) is 4.55. The summed E-state index contributed by atoms with van der Waals surface area (Å²) in [6.07, 6.45) is 3.98. The minimum atomic E-state index is -0.165. The van der Waals surface area contributed by atoms with E-state index < -0.39 is 0 Å². The van der Waals surface area contributed by atoms with E-state index in [9.17, 15) is 4.79 Å². The van der Waals surface area contributed by atoms with Crippen LogP contribution in [0.15, 0.2) is 73.1 Å². The van der Waals surface area contributed by atoms with Crippen molar-refractivity contribution in [2.24, 2.45) is 0 Å². The molecule has 158 valence electrons. The zero-order chi connectivity index (χ0) is 21.6. The van der Waals surface area contributed by atoms with Gasteiger partial charge in [0.15, 0.2) is 0 Å². The van der Waals surface area contributed by atoms with Crippen LogP contribution in [0.3, 0.4) is 0 Å². The number of imidazole rings is 1. The van der Waals surface area contributed by atoms with Crippen LogP contribution in [-0.2, 0) is 6.61 Å². The number of fused-ring (bicyclic) bond motifs is 1. The molecular formula is C25H25N3O3. The Morgan fingerprint density at radius 1 is 0.935 bits per heavy atom. The van der Waals surface area contributed by atoms with E-state index in [-0.39, 0.29) is 5.91 Å². The molecule has 1 N–H and O–H groups in total. The molecule has 1 amide bonds. The van der Waals surface area contributed by atoms with Gasteiger partial charge >= 0.3 is 0 Å². The number of rotatable bonds is 8. The van der Waals surface area contributed by atoms with E-state index in [0.717, 1.165) is 22.7 Å². The molecule has 4 rings (SSSR count). The minimum Gasteiger partial charge on any atom is -0.492 e. The molecule has 0 spiro atoms. The third-order valence-corrected chi connectivity index (χ3v) is 4.78. The molecule has 2 aromatic carbocycles. The van der Waals surface area contributed by atoms with E-state index >= 15 is 0 Å². The van der Waals surface area contributed by atoms with Crippen LogP contribution in [0, 0.1) is 13.8 Å². The first kappa shape index (κ1) is 20.5. The molecule has 0 aliphatic heterocycles. The van der Waals surface area contributed by atoms with Gasteiger partial charge in [-0.15, -0.1) is 0 Å². The number of nitrogens with one attached hydrogen (secondary N) is 1. The van der Waals surface area contributed by atoms with Gasteiger partial charge in [0, 0.05) is 18.0 Å². The smallest absolute Gasteiger partial charge is 0.251 e. The molecule has 0 atom stereocenters. The second-order valence-electron chi connectivity index (χ2n) is 7.44. The van der Waals surface area contributed by atoms with E-state index in [1.807, 2.05) is 73.1 Å². The van der Waals surface area contributed by atoms with Gasteiger partial charge in [-0.1, -0.05) is 24.3 Å². The van der Waals surface area contributed by atoms with Crippen molar-refractivity contribution in [2.45, 2.75) is 20.5 Å². The Kier molecular flexibility index (Phi) is 6.17. The Morgan fingerprint density at radius 3 is 2.58 bits per heavy atom. The van der Waals surface area contributed by atoms with Gasteiger partial charge in [0.2, 0.25) is 0 Å². The summed E-state index contributed by atoms with van der Waals surface area (Å²) >= 11 is 0. The lowest BCUT2D eigenvalue weighted by Gasteiger charge is -2.09. The molecule has 0 unspecified atom stereocenters. The number of aromatic nitrogens is 2. The van der Waals surface area contributed by atoms with Crippen LogP contribution >= 0.6 is 0 Å². The van der Waals surface area contributed by atoms with Crippen molar-refractivity contribution in [1.82, 2.24) is 14.7 Å². The third kappa shape index (κ3) is 5.42. The molecule has 0 aliphatic rings. The molecule has 6 heteroatoms. The molecule has 6 nitrogen and oxygen atoms in total. The average molecular weight is 415 g/mol. The SMILES string of the molecule is Cc1cccc(OCCNC(=O)c2cccc(OCc3cn4cc(C)ccc4n3)c2)c1. The maximum atomic E-state index is 12.4. The van der Waals surface area contributed by atoms with Gasteiger partial charge in [0.25, 0.3) is 5.91 Å². The van der Waals surface area contributed by atoms with Crippen molar-refractivity contribution in [1.29, 1.82) is 0 Å². The van der Waals surface area contributed by atoms with Gasteiger partial charge in [-0.3, -0.25) is 4.79 Å². The lowest BCUT2D eigenvalue weighted by atomic mass is 10.2. The maximum absolute atomic E-state index is 12.4. The summed E-state index contributed by atoms with van der Waals surface area (Å²) in [5, 5.41) is 2.87. The summed E-state index contributed by atoms with van der Waals surface area (Å²) in [7, 11) is 0. The maximum Gasteiger partial charge on any atom is 0.251 e. The number of pyridine rings is 1. The Morgan fingerprint density at radius 2 is 1.74 bits per heavy atom. The first-order valence-corrected chi connectivity index (χ1v) is 10.2. The van der Waals surface area contributed by atoms with E-state index in [1.165, 1.54) is 5.56 Å². The van der Waals surface area contributed by atoms with Gasteiger partial charge in [-0.05, 0) is 61.4 Å². The lowest BCUT2D eigenvalue weighted by molar-refractivity contribution is 0.0946. The average Bonchev–Trinajstić information content (AvgIpc) is 3.17. The highest BCUT2D eigenvalue weighted by Gasteiger charge is 2.08. The van der Waals surface area contributed by atoms with Crippen LogP contribution < -0.4 is 14.8 Å². The lowest BCUT2D eigenvalue weighted by Crippen LogP contribution is -2.28. The van der Waals surface area contributed by atoms with Crippen LogP contribution in [0.4, 0.5) is 0 Å². The van der Waals surface area contributed by atoms with E-state index in [4.69, 9.17) is 9.47 Å². The fraction of sp³-hybridized carbons (Fsp3) is 0.200. The number of aryl methyl sites for hydroxylation is 2. The topological polar surface area (TPSA) is 64.9 Å². The van der Waals surface area contributed by atoms with Crippen molar-refractivity contribution in [3.8, 4) is 11.5 Å². The van der Waals surface area contributed by atoms with Crippen molar-refractivity contribution in [2.75, 3.05) is 13.2 Å². The Balaban J connectivity index is 1.29. The van der Waals surface area contributed by atoms with Crippen LogP contribution in [0.5, 0.6) is 11.5 Å². The molecule has 0 radical (unpaired) electrons. The normalized spacial score (nSPS) is 10.8. The summed E-state index contributed by atoms with van der Waals surface area (Å²) in [6.45, 7) is 5.20. The van der Waals surface area contributed by atoms with Crippen molar-refractivity contribution in [3.63, 3.8) is 0 Å². The van der Waals surface area contributed by atoms with Crippen LogP contribution in [0.25, 0.3) is 5.65 Å². The minimum absolute atomic E-state index is 0.165. The molecule has 2 heterocycles. The molecule has 2 aromatic heterocycles. The van der Waals surface area contributed by atoms with E-state index in [0.29, 0.717) is 31.1 Å². The molecule has 0 bridgehead atoms. The predicted molar refractivity (Wildman–Crippen MR) is 120 cm³/mol. The predicted octanol–water partition coefficient (Wildman–Crippen LogP) is 4.34. The van der Waals surface area contributed by atoms with Gasteiger partial charge < -0.3 is 19.2 Å². The number of carbonyl (C=O) groups excluding carboxylic acids is 1. The van der Waals surface area contributed by atoms with E-state index in [1.54, 1.807) is 18.2 Å². The number of hydrogen-bond donors (Lipinski definition) is 1. The van der Waals surface area contributed by atoms with Crippen LogP contribution in [0.1, 0.15) is 27.2 Å². The Hall–Kier alpha value is -3.80. The van der Waals surface area contributed by atoms with Gasteiger partial charge in [-0.2, -0.15) is 0 Å². The highest BCUT2D eigenvalue weighted by Crippen LogP contribution is 2.16. The van der Waals surface area contributed by atoms with Crippen molar-refractivity contribution >= 4 is 11.6 Å². The zero-order valence-electron chi connectivity index (χ0n) is 17.7. The highest BCUT2D eigenvalue weighted by atomic mass is 16.5. The molecule has 0 saturated heterocycles. The second-order valence-corrected chi connectivity index (χ2v) is 7.44. The number of ether oxygens (including phenoxy) is 2. The number of hydrogen-bond acceptors (Lipinski definition) is 4. The van der Waals surface area contributed by atoms with Crippen LogP contribution in [0.2, 0.25) is 0 Å². The summed E-state index contributed by atoms with van der Waals surface area (Å²) < 4.78 is 13.5. The fourth-order valence-electron chi connectivity index (χ4n) is 3.25. The standard InChI is InChI=1S/C25H25N3O3/c1-18-5-3-7-22(13-18)30-12-11-26-25(29)20-6-4-8-23(14-20)31-17-21-16-28-15-19(2)9-10-24(28)27-21/h3-10,13-16H,11-12,17H2,1-2H3,(H,26,29). The third-order valence-electron chi connectivity index (χ3n) is 4.78. The highest BCUT2D eigenvalue weighted by molar-refractivity contribution is 5.94. The van der Waals surface area contributed by atoms with E-state index in [2.05, 4.69) is 10.3 Å². The van der Waals surface area contributed by atoms with Crippen molar-refractivity contribution in [3.05, 3.63) is 95.4 Å². The Bertz CT molecular complexity index is 1200. The monoisotopic (exact) mass is 415 g/mol. The first-order chi connectivity index (χ1) is 15.1. The quantitative estimate of drug-likeness (QED) is 0.435. The number of carbonyl (C=O) groups is 1. The molecule has 4 aromatic rings. The molecule has 0 aliphatic carbocycles. The largest absolute Gasteiger partial charge is 0.492 e. The molecule has 0 fully saturated rings. The number of amides is 1. The van der Waals surface area contributed by atoms with Gasteiger partial charge in [0.1, 0.15) is 30.4 Å². The van der Waals surface area contributed by atoms with Crippen molar-refractivity contribution < 1.29 is 14.3 Å². The van der Waals surface area contributed by atoms with Gasteiger partial charge in [0.05, 0.1) is 12.2 Å². The summed E-state index contributed by atoms with van der Waals surface area (Å²) in [4.78, 5) is 17.0. The van der Waals surface area contributed by atoms with Gasteiger partial charge in [-0.25, -0.2) is 4.98 Å². The first-order valence-electron chi connectivity index (χ1n) is 10.2. The van der Waals surface area contributed by atoms with Crippen LogP contribution in [-0.4, -0.2) is 28.4 Å². The Labute approximate surface area is 181 Å². The molecule has 31 heavy (non-hydrogen) atoms. The molecule has 0 saturated carbocycles. The summed E-state index contributed by atoms with van der Waals surface area (Å²) in [5.74, 6) is 1.25. The second kappa shape index (κ2) is 9.34. The fourth-order valence-corrected chi connectivity index (χ4v) is 3.25. The number of nitrogens with zero attached hydrogens (tertiary/aromatic N) is 2. The molecular weight excluding hydrogens is 390 g/mol. The zero-order valence-corrected chi connectivity index (χ0v) is 17.7. The number of benzene rings is 2. The summed E-state index contributed by atoms with van der Waals surface area (Å²) in [6, 6.07) is 19.0.